The minimum absolute atomic E-state index is 0.266. The fraction of sp³-hybridized carbons (Fsp3) is 0.667. The van der Waals surface area contributed by atoms with Crippen molar-refractivity contribution in [2.24, 2.45) is 0 Å². The molecule has 136 valence electrons. The van der Waals surface area contributed by atoms with E-state index in [1.54, 1.807) is 12.2 Å². The molecule has 0 aromatic heterocycles. The van der Waals surface area contributed by atoms with Crippen molar-refractivity contribution in [1.29, 1.82) is 0 Å². The summed E-state index contributed by atoms with van der Waals surface area (Å²) in [6.45, 7) is 15.9. The standard InChI is InChI=1S/C18H31N3O3/c1-7-12-19-15(22)14(16(23)20-13-8-2)24-21-17(3,4)10-9-11-18(21,5)6/h7-8,14H,1-2,9-13H2,3-6H3,(H,19,22)(H,20,23). The Morgan fingerprint density at radius 1 is 1.04 bits per heavy atom. The van der Waals surface area contributed by atoms with Gasteiger partial charge in [-0.15, -0.1) is 13.2 Å². The number of nitrogens with zero attached hydrogens (tertiary/aromatic N) is 1. The molecule has 1 aliphatic heterocycles. The zero-order valence-electron chi connectivity index (χ0n) is 15.4. The third kappa shape index (κ3) is 5.18. The quantitative estimate of drug-likeness (QED) is 0.524. The zero-order chi connectivity index (χ0) is 18.4. The largest absolute Gasteiger partial charge is 0.350 e. The topological polar surface area (TPSA) is 70.7 Å². The highest BCUT2D eigenvalue weighted by atomic mass is 16.7. The first-order valence-electron chi connectivity index (χ1n) is 8.40. The van der Waals surface area contributed by atoms with Gasteiger partial charge < -0.3 is 10.6 Å². The number of hydrogen-bond acceptors (Lipinski definition) is 4. The van der Waals surface area contributed by atoms with Crippen LogP contribution in [0.4, 0.5) is 0 Å². The second-order valence-corrected chi connectivity index (χ2v) is 7.33. The van der Waals surface area contributed by atoms with Crippen LogP contribution in [0.25, 0.3) is 0 Å². The summed E-state index contributed by atoms with van der Waals surface area (Å²) in [4.78, 5) is 30.8. The van der Waals surface area contributed by atoms with E-state index in [-0.39, 0.29) is 24.2 Å². The van der Waals surface area contributed by atoms with Crippen LogP contribution in [0, 0.1) is 0 Å². The van der Waals surface area contributed by atoms with Gasteiger partial charge in [0.2, 0.25) is 6.10 Å². The van der Waals surface area contributed by atoms with Crippen molar-refractivity contribution in [3.05, 3.63) is 25.3 Å². The Balaban J connectivity index is 3.00. The van der Waals surface area contributed by atoms with Gasteiger partial charge in [0, 0.05) is 24.2 Å². The van der Waals surface area contributed by atoms with Gasteiger partial charge in [0.05, 0.1) is 0 Å². The third-order valence-electron chi connectivity index (χ3n) is 4.21. The molecule has 6 nitrogen and oxygen atoms in total. The summed E-state index contributed by atoms with van der Waals surface area (Å²) in [7, 11) is 0. The number of hydrogen-bond donors (Lipinski definition) is 2. The summed E-state index contributed by atoms with van der Waals surface area (Å²) >= 11 is 0. The zero-order valence-corrected chi connectivity index (χ0v) is 15.4. The molecule has 1 heterocycles. The Kier molecular flexibility index (Phi) is 7.17. The smallest absolute Gasteiger partial charge is 0.261 e. The molecule has 1 rings (SSSR count). The maximum absolute atomic E-state index is 12.4. The molecule has 1 fully saturated rings. The van der Waals surface area contributed by atoms with Crippen molar-refractivity contribution in [2.45, 2.75) is 64.1 Å². The van der Waals surface area contributed by atoms with Crippen LogP contribution in [-0.2, 0) is 14.4 Å². The van der Waals surface area contributed by atoms with Gasteiger partial charge in [-0.1, -0.05) is 12.2 Å². The number of amides is 2. The molecule has 2 amide bonds. The van der Waals surface area contributed by atoms with Crippen molar-refractivity contribution >= 4 is 11.8 Å². The van der Waals surface area contributed by atoms with Crippen LogP contribution in [0.15, 0.2) is 25.3 Å². The molecule has 1 saturated heterocycles. The minimum atomic E-state index is -1.25. The second kappa shape index (κ2) is 8.44. The van der Waals surface area contributed by atoms with Crippen LogP contribution in [0.2, 0.25) is 0 Å². The highest BCUT2D eigenvalue weighted by Gasteiger charge is 2.45. The van der Waals surface area contributed by atoms with Gasteiger partial charge in [-0.3, -0.25) is 14.4 Å². The lowest BCUT2D eigenvalue weighted by atomic mass is 9.82. The predicted molar refractivity (Wildman–Crippen MR) is 95.1 cm³/mol. The van der Waals surface area contributed by atoms with Crippen molar-refractivity contribution in [3.63, 3.8) is 0 Å². The lowest BCUT2D eigenvalue weighted by Gasteiger charge is -2.51. The molecule has 0 spiro atoms. The number of carbonyl (C=O) groups is 2. The summed E-state index contributed by atoms with van der Waals surface area (Å²) in [6, 6.07) is 0. The van der Waals surface area contributed by atoms with E-state index in [1.807, 2.05) is 5.06 Å². The van der Waals surface area contributed by atoms with Gasteiger partial charge >= 0.3 is 0 Å². The molecule has 0 atom stereocenters. The van der Waals surface area contributed by atoms with Gasteiger partial charge in [0.25, 0.3) is 11.8 Å². The van der Waals surface area contributed by atoms with Crippen molar-refractivity contribution < 1.29 is 14.4 Å². The lowest BCUT2D eigenvalue weighted by Crippen LogP contribution is -2.62. The Morgan fingerprint density at radius 3 is 1.83 bits per heavy atom. The molecule has 6 heteroatoms. The van der Waals surface area contributed by atoms with E-state index in [1.165, 1.54) is 0 Å². The van der Waals surface area contributed by atoms with Crippen LogP contribution >= 0.6 is 0 Å². The minimum Gasteiger partial charge on any atom is -0.350 e. The van der Waals surface area contributed by atoms with E-state index in [9.17, 15) is 9.59 Å². The molecule has 0 aromatic rings. The summed E-state index contributed by atoms with van der Waals surface area (Å²) in [5.41, 5.74) is -0.533. The fourth-order valence-corrected chi connectivity index (χ4v) is 3.11. The van der Waals surface area contributed by atoms with Gasteiger partial charge in [0.1, 0.15) is 0 Å². The predicted octanol–water partition coefficient (Wildman–Crippen LogP) is 1.93. The molecule has 0 saturated carbocycles. The first kappa shape index (κ1) is 20.4. The molecule has 0 unspecified atom stereocenters. The van der Waals surface area contributed by atoms with Crippen molar-refractivity contribution in [2.75, 3.05) is 13.1 Å². The summed E-state index contributed by atoms with van der Waals surface area (Å²) in [6.07, 6.45) is 4.82. The van der Waals surface area contributed by atoms with Gasteiger partial charge in [-0.2, -0.15) is 5.06 Å². The molecule has 24 heavy (non-hydrogen) atoms. The number of hydroxylamine groups is 2. The second-order valence-electron chi connectivity index (χ2n) is 7.33. The summed E-state index contributed by atoms with van der Waals surface area (Å²) in [5.74, 6) is -0.956. The van der Waals surface area contributed by atoms with Gasteiger partial charge in [0.15, 0.2) is 0 Å². The SMILES string of the molecule is C=CCNC(=O)C(ON1C(C)(C)CCCC1(C)C)C(=O)NCC=C. The molecular weight excluding hydrogens is 306 g/mol. The van der Waals surface area contributed by atoms with Crippen LogP contribution in [0.1, 0.15) is 47.0 Å². The normalized spacial score (nSPS) is 19.5. The van der Waals surface area contributed by atoms with E-state index < -0.39 is 17.9 Å². The van der Waals surface area contributed by atoms with Crippen LogP contribution < -0.4 is 10.6 Å². The molecule has 0 aromatic carbocycles. The van der Waals surface area contributed by atoms with Gasteiger partial charge in [-0.25, -0.2) is 0 Å². The number of piperidine rings is 1. The molecule has 0 bridgehead atoms. The number of rotatable bonds is 8. The van der Waals surface area contributed by atoms with Gasteiger partial charge in [-0.05, 0) is 47.0 Å². The Labute approximate surface area is 145 Å². The van der Waals surface area contributed by atoms with E-state index in [0.29, 0.717) is 0 Å². The fourth-order valence-electron chi connectivity index (χ4n) is 3.11. The summed E-state index contributed by atoms with van der Waals surface area (Å²) < 4.78 is 0. The van der Waals surface area contributed by atoms with E-state index in [0.717, 1.165) is 19.3 Å². The number of nitrogens with one attached hydrogen (secondary N) is 2. The van der Waals surface area contributed by atoms with Crippen LogP contribution in [-0.4, -0.2) is 47.1 Å². The first-order chi connectivity index (χ1) is 11.2. The Hall–Kier alpha value is -1.66. The maximum Gasteiger partial charge on any atom is 0.261 e. The van der Waals surface area contributed by atoms with E-state index >= 15 is 0 Å². The Morgan fingerprint density at radius 2 is 1.46 bits per heavy atom. The molecule has 0 aliphatic carbocycles. The number of carbonyl (C=O) groups excluding carboxylic acids is 2. The first-order valence-corrected chi connectivity index (χ1v) is 8.40. The highest BCUT2D eigenvalue weighted by Crippen LogP contribution is 2.38. The lowest BCUT2D eigenvalue weighted by molar-refractivity contribution is -0.293. The van der Waals surface area contributed by atoms with Crippen LogP contribution in [0.3, 0.4) is 0 Å². The van der Waals surface area contributed by atoms with Crippen molar-refractivity contribution in [3.8, 4) is 0 Å². The van der Waals surface area contributed by atoms with E-state index in [2.05, 4.69) is 51.5 Å². The molecular formula is C18H31N3O3. The summed E-state index contributed by atoms with van der Waals surface area (Å²) in [5, 5.41) is 7.09. The average Bonchev–Trinajstić information content (AvgIpc) is 2.49. The maximum atomic E-state index is 12.4. The van der Waals surface area contributed by atoms with Crippen molar-refractivity contribution in [1.82, 2.24) is 15.7 Å². The average molecular weight is 337 g/mol. The molecule has 2 N–H and O–H groups in total. The monoisotopic (exact) mass is 337 g/mol. The molecule has 1 aliphatic rings. The van der Waals surface area contributed by atoms with E-state index in [4.69, 9.17) is 4.84 Å². The third-order valence-corrected chi connectivity index (χ3v) is 4.21. The Bertz CT molecular complexity index is 446. The molecule has 0 radical (unpaired) electrons. The highest BCUT2D eigenvalue weighted by molar-refractivity contribution is 6.03. The van der Waals surface area contributed by atoms with Crippen LogP contribution in [0.5, 0.6) is 0 Å².